The molecule has 2 rings (SSSR count). The summed E-state index contributed by atoms with van der Waals surface area (Å²) in [6, 6.07) is 17.2. The summed E-state index contributed by atoms with van der Waals surface area (Å²) in [6.07, 6.45) is 0.642. The number of urea groups is 1. The lowest BCUT2D eigenvalue weighted by molar-refractivity contribution is -0.156. The molecular formula is C24H32N2O4. The number of hydrogen-bond donors (Lipinski definition) is 2. The molecule has 0 fully saturated rings. The Labute approximate surface area is 178 Å². The summed E-state index contributed by atoms with van der Waals surface area (Å²) in [5, 5.41) is 12.0. The van der Waals surface area contributed by atoms with Gasteiger partial charge in [-0.05, 0) is 50.8 Å². The Balaban J connectivity index is 1.93. The molecule has 2 aromatic carbocycles. The molecule has 2 N–H and O–H groups in total. The third-order valence-corrected chi connectivity index (χ3v) is 4.49. The fourth-order valence-electron chi connectivity index (χ4n) is 2.92. The van der Waals surface area contributed by atoms with E-state index in [-0.39, 0.29) is 13.2 Å². The van der Waals surface area contributed by atoms with Crippen molar-refractivity contribution in [3.63, 3.8) is 0 Å². The van der Waals surface area contributed by atoms with Gasteiger partial charge in [-0.3, -0.25) is 0 Å². The van der Waals surface area contributed by atoms with Crippen LogP contribution in [0.4, 0.5) is 4.79 Å². The van der Waals surface area contributed by atoms with E-state index in [2.05, 4.69) is 29.6 Å². The summed E-state index contributed by atoms with van der Waals surface area (Å²) in [5.74, 6) is -0.490. The van der Waals surface area contributed by atoms with Crippen molar-refractivity contribution in [3.8, 4) is 11.1 Å². The van der Waals surface area contributed by atoms with Gasteiger partial charge >= 0.3 is 12.0 Å². The van der Waals surface area contributed by atoms with Gasteiger partial charge in [0.15, 0.2) is 0 Å². The van der Waals surface area contributed by atoms with Crippen LogP contribution in [0.15, 0.2) is 54.6 Å². The highest BCUT2D eigenvalue weighted by atomic mass is 16.6. The Hall–Kier alpha value is -2.86. The van der Waals surface area contributed by atoms with Crippen LogP contribution in [0.25, 0.3) is 11.1 Å². The second-order valence-electron chi connectivity index (χ2n) is 8.23. The van der Waals surface area contributed by atoms with Crippen LogP contribution in [0.2, 0.25) is 0 Å². The monoisotopic (exact) mass is 412 g/mol. The van der Waals surface area contributed by atoms with E-state index in [4.69, 9.17) is 4.74 Å². The van der Waals surface area contributed by atoms with E-state index in [0.29, 0.717) is 13.0 Å². The quantitative estimate of drug-likeness (QED) is 0.649. The van der Waals surface area contributed by atoms with E-state index in [0.717, 1.165) is 16.7 Å². The highest BCUT2D eigenvalue weighted by molar-refractivity contribution is 5.83. The van der Waals surface area contributed by atoms with Gasteiger partial charge in [-0.2, -0.15) is 0 Å². The van der Waals surface area contributed by atoms with Crippen LogP contribution in [0, 0.1) is 0 Å². The first-order chi connectivity index (χ1) is 14.2. The molecule has 0 unspecified atom stereocenters. The highest BCUT2D eigenvalue weighted by Gasteiger charge is 2.24. The number of carbonyl (C=O) groups is 2. The second kappa shape index (κ2) is 10.8. The van der Waals surface area contributed by atoms with Crippen LogP contribution in [-0.4, -0.2) is 53.3 Å². The van der Waals surface area contributed by atoms with Crippen molar-refractivity contribution in [2.75, 3.05) is 19.7 Å². The normalized spacial score (nSPS) is 12.2. The van der Waals surface area contributed by atoms with Crippen LogP contribution in [0.1, 0.15) is 33.3 Å². The fraction of sp³-hybridized carbons (Fsp3) is 0.417. The van der Waals surface area contributed by atoms with Crippen LogP contribution < -0.4 is 5.32 Å². The fourth-order valence-corrected chi connectivity index (χ4v) is 2.92. The van der Waals surface area contributed by atoms with E-state index in [1.807, 2.05) is 30.3 Å². The van der Waals surface area contributed by atoms with Gasteiger partial charge in [0, 0.05) is 13.1 Å². The van der Waals surface area contributed by atoms with E-state index in [9.17, 15) is 14.7 Å². The van der Waals surface area contributed by atoms with Crippen molar-refractivity contribution in [2.45, 2.75) is 45.8 Å². The molecule has 0 aromatic heterocycles. The van der Waals surface area contributed by atoms with Gasteiger partial charge in [-0.1, -0.05) is 54.6 Å². The molecule has 0 bridgehead atoms. The summed E-state index contributed by atoms with van der Waals surface area (Å²) in [6.45, 7) is 7.39. The molecule has 0 saturated carbocycles. The number of benzene rings is 2. The maximum atomic E-state index is 12.6. The zero-order chi connectivity index (χ0) is 22.1. The lowest BCUT2D eigenvalue weighted by atomic mass is 10.0. The molecule has 0 aliphatic carbocycles. The van der Waals surface area contributed by atoms with Crippen molar-refractivity contribution in [3.05, 3.63) is 60.2 Å². The van der Waals surface area contributed by atoms with E-state index >= 15 is 0 Å². The van der Waals surface area contributed by atoms with Gasteiger partial charge in [0.1, 0.15) is 11.6 Å². The molecule has 6 heteroatoms. The van der Waals surface area contributed by atoms with E-state index in [1.165, 1.54) is 4.90 Å². The highest BCUT2D eigenvalue weighted by Crippen LogP contribution is 2.19. The third kappa shape index (κ3) is 7.52. The SMILES string of the molecule is C[C@H](NC(=O)N(CCO)CCc1ccc(-c2ccccc2)cc1)C(=O)OC(C)(C)C. The molecule has 0 aliphatic rings. The molecule has 0 spiro atoms. The lowest BCUT2D eigenvalue weighted by Gasteiger charge is -2.26. The Bertz CT molecular complexity index is 813. The molecule has 0 radical (unpaired) electrons. The number of nitrogens with one attached hydrogen (secondary N) is 1. The molecule has 1 atom stereocenters. The summed E-state index contributed by atoms with van der Waals surface area (Å²) in [5.41, 5.74) is 2.76. The summed E-state index contributed by atoms with van der Waals surface area (Å²) in [7, 11) is 0. The molecule has 162 valence electrons. The van der Waals surface area contributed by atoms with Crippen LogP contribution in [0.5, 0.6) is 0 Å². The van der Waals surface area contributed by atoms with Crippen molar-refractivity contribution in [1.29, 1.82) is 0 Å². The minimum absolute atomic E-state index is 0.152. The predicted octanol–water partition coefficient (Wildman–Crippen LogP) is 3.63. The molecule has 6 nitrogen and oxygen atoms in total. The van der Waals surface area contributed by atoms with E-state index in [1.54, 1.807) is 27.7 Å². The Morgan fingerprint density at radius 3 is 2.17 bits per heavy atom. The number of aliphatic hydroxyl groups excluding tert-OH is 1. The molecule has 2 aromatic rings. The smallest absolute Gasteiger partial charge is 0.328 e. The van der Waals surface area contributed by atoms with Gasteiger partial charge in [0.05, 0.1) is 6.61 Å². The minimum atomic E-state index is -0.775. The number of hydrogen-bond acceptors (Lipinski definition) is 4. The first-order valence-electron chi connectivity index (χ1n) is 10.2. The summed E-state index contributed by atoms with van der Waals surface area (Å²) >= 11 is 0. The predicted molar refractivity (Wildman–Crippen MR) is 118 cm³/mol. The topological polar surface area (TPSA) is 78.9 Å². The van der Waals surface area contributed by atoms with Crippen molar-refractivity contribution < 1.29 is 19.4 Å². The second-order valence-corrected chi connectivity index (χ2v) is 8.23. The summed E-state index contributed by atoms with van der Waals surface area (Å²) in [4.78, 5) is 26.2. The first-order valence-corrected chi connectivity index (χ1v) is 10.2. The number of nitrogens with zero attached hydrogens (tertiary/aromatic N) is 1. The molecule has 2 amide bonds. The zero-order valence-electron chi connectivity index (χ0n) is 18.2. The Morgan fingerprint density at radius 1 is 1.00 bits per heavy atom. The maximum absolute atomic E-state index is 12.6. The van der Waals surface area contributed by atoms with Crippen LogP contribution in [0.3, 0.4) is 0 Å². The van der Waals surface area contributed by atoms with Crippen molar-refractivity contribution in [1.82, 2.24) is 10.2 Å². The van der Waals surface area contributed by atoms with Crippen molar-refractivity contribution in [2.24, 2.45) is 0 Å². The Kier molecular flexibility index (Phi) is 8.42. The number of carbonyl (C=O) groups excluding carboxylic acids is 2. The average molecular weight is 413 g/mol. The number of ether oxygens (including phenoxy) is 1. The van der Waals surface area contributed by atoms with Gasteiger partial charge in [0.25, 0.3) is 0 Å². The van der Waals surface area contributed by atoms with Gasteiger partial charge in [-0.15, -0.1) is 0 Å². The molecule has 0 heterocycles. The number of esters is 1. The number of amides is 2. The first kappa shape index (κ1) is 23.4. The maximum Gasteiger partial charge on any atom is 0.328 e. The van der Waals surface area contributed by atoms with Crippen LogP contribution in [-0.2, 0) is 16.0 Å². The van der Waals surface area contributed by atoms with Gasteiger partial charge in [-0.25, -0.2) is 9.59 Å². The standard InChI is InChI=1S/C24H32N2O4/c1-18(22(28)30-24(2,3)4)25-23(29)26(16-17-27)15-14-19-10-12-21(13-11-19)20-8-6-5-7-9-20/h5-13,18,27H,14-17H2,1-4H3,(H,25,29)/t18-/m0/s1. The number of aliphatic hydroxyl groups is 1. The van der Waals surface area contributed by atoms with Crippen molar-refractivity contribution >= 4 is 12.0 Å². The Morgan fingerprint density at radius 2 is 1.60 bits per heavy atom. The third-order valence-electron chi connectivity index (χ3n) is 4.49. The molecule has 30 heavy (non-hydrogen) atoms. The minimum Gasteiger partial charge on any atom is -0.458 e. The molecule has 0 aliphatic heterocycles. The largest absolute Gasteiger partial charge is 0.458 e. The number of rotatable bonds is 8. The zero-order valence-corrected chi connectivity index (χ0v) is 18.2. The lowest BCUT2D eigenvalue weighted by Crippen LogP contribution is -2.49. The van der Waals surface area contributed by atoms with Gasteiger partial charge < -0.3 is 20.1 Å². The molecular weight excluding hydrogens is 380 g/mol. The van der Waals surface area contributed by atoms with Crippen LogP contribution >= 0.6 is 0 Å². The van der Waals surface area contributed by atoms with E-state index < -0.39 is 23.6 Å². The van der Waals surface area contributed by atoms with Gasteiger partial charge in [0.2, 0.25) is 0 Å². The molecule has 0 saturated heterocycles. The average Bonchev–Trinajstić information content (AvgIpc) is 2.70. The summed E-state index contributed by atoms with van der Waals surface area (Å²) < 4.78 is 5.30.